The maximum atomic E-state index is 12.8. The summed E-state index contributed by atoms with van der Waals surface area (Å²) in [7, 11) is 0. The topological polar surface area (TPSA) is 63.2 Å². The maximum absolute atomic E-state index is 12.8. The van der Waals surface area contributed by atoms with Crippen LogP contribution < -0.4 is 10.6 Å². The van der Waals surface area contributed by atoms with E-state index >= 15 is 0 Å². The number of hydrogen-bond donors (Lipinski definition) is 2. The van der Waals surface area contributed by atoms with Crippen LogP contribution in [0.4, 0.5) is 5.69 Å². The predicted molar refractivity (Wildman–Crippen MR) is 130 cm³/mol. The standard InChI is InChI=1S/C27H37N3O2/c1-19-7-8-23(18-29-19)26(31)15-25-14-22(9-11-28-25)21-5-4-6-24(13-21)30-17-20-10-12-32-27(2,3)16-20/h4-6,9,11,13-14,19-20,23,29-30H,7-8,10,12,15-18H2,1-3H3/t19-,20+,23-/m1/s1. The fourth-order valence-electron chi connectivity index (χ4n) is 4.95. The molecule has 0 aliphatic carbocycles. The molecule has 0 amide bonds. The van der Waals surface area contributed by atoms with Gasteiger partial charge in [-0.05, 0) is 87.8 Å². The molecule has 0 bridgehead atoms. The zero-order valence-corrected chi connectivity index (χ0v) is 19.7. The number of Topliss-reactive ketones (excluding diaryl/α,β-unsaturated/α-hetero) is 1. The quantitative estimate of drug-likeness (QED) is 0.650. The number of benzene rings is 1. The Hall–Kier alpha value is -2.24. The number of pyridine rings is 1. The summed E-state index contributed by atoms with van der Waals surface area (Å²) < 4.78 is 5.85. The van der Waals surface area contributed by atoms with Gasteiger partial charge in [-0.2, -0.15) is 0 Å². The van der Waals surface area contributed by atoms with Gasteiger partial charge in [0, 0.05) is 55.7 Å². The van der Waals surface area contributed by atoms with Gasteiger partial charge in [-0.15, -0.1) is 0 Å². The molecule has 1 aromatic heterocycles. The Morgan fingerprint density at radius 2 is 2.03 bits per heavy atom. The molecule has 4 rings (SSSR count). The maximum Gasteiger partial charge on any atom is 0.143 e. The molecule has 32 heavy (non-hydrogen) atoms. The number of hydrogen-bond acceptors (Lipinski definition) is 5. The van der Waals surface area contributed by atoms with Crippen molar-refractivity contribution in [3.63, 3.8) is 0 Å². The van der Waals surface area contributed by atoms with Crippen molar-refractivity contribution in [2.45, 2.75) is 64.5 Å². The molecule has 1 aromatic carbocycles. The van der Waals surface area contributed by atoms with Crippen LogP contribution in [0, 0.1) is 11.8 Å². The Bertz CT molecular complexity index is 919. The van der Waals surface area contributed by atoms with E-state index in [9.17, 15) is 4.79 Å². The molecule has 172 valence electrons. The van der Waals surface area contributed by atoms with Crippen LogP contribution in [0.15, 0.2) is 42.6 Å². The molecule has 0 saturated carbocycles. The van der Waals surface area contributed by atoms with E-state index in [4.69, 9.17) is 4.74 Å². The summed E-state index contributed by atoms with van der Waals surface area (Å²) in [5.41, 5.74) is 4.21. The third-order valence-corrected chi connectivity index (χ3v) is 6.88. The van der Waals surface area contributed by atoms with E-state index in [1.54, 1.807) is 0 Å². The van der Waals surface area contributed by atoms with Gasteiger partial charge in [-0.1, -0.05) is 12.1 Å². The van der Waals surface area contributed by atoms with E-state index in [1.165, 1.54) is 0 Å². The normalized spacial score (nSPS) is 25.3. The minimum absolute atomic E-state index is 0.0245. The molecular formula is C27H37N3O2. The Labute approximate surface area is 192 Å². The van der Waals surface area contributed by atoms with Crippen molar-refractivity contribution >= 4 is 11.5 Å². The molecule has 2 aromatic rings. The summed E-state index contributed by atoms with van der Waals surface area (Å²) in [4.78, 5) is 17.2. The highest BCUT2D eigenvalue weighted by Crippen LogP contribution is 2.29. The van der Waals surface area contributed by atoms with Crippen molar-refractivity contribution in [1.29, 1.82) is 0 Å². The summed E-state index contributed by atoms with van der Waals surface area (Å²) in [5, 5.41) is 7.05. The summed E-state index contributed by atoms with van der Waals surface area (Å²) in [6.07, 6.45) is 6.46. The molecule has 2 fully saturated rings. The van der Waals surface area contributed by atoms with Gasteiger partial charge < -0.3 is 15.4 Å². The Balaban J connectivity index is 1.38. The Morgan fingerprint density at radius 3 is 2.81 bits per heavy atom. The van der Waals surface area contributed by atoms with E-state index in [-0.39, 0.29) is 11.5 Å². The summed E-state index contributed by atoms with van der Waals surface area (Å²) in [6.45, 7) is 9.12. The number of carbonyl (C=O) groups is 1. The van der Waals surface area contributed by atoms with Crippen molar-refractivity contribution in [1.82, 2.24) is 10.3 Å². The van der Waals surface area contributed by atoms with Gasteiger partial charge in [0.2, 0.25) is 0 Å². The van der Waals surface area contributed by atoms with E-state index in [0.717, 1.165) is 67.9 Å². The van der Waals surface area contributed by atoms with Crippen LogP contribution in [0.25, 0.3) is 11.1 Å². The number of nitrogens with one attached hydrogen (secondary N) is 2. The molecule has 0 spiro atoms. The number of aromatic nitrogens is 1. The second kappa shape index (κ2) is 10.1. The predicted octanol–water partition coefficient (Wildman–Crippen LogP) is 4.87. The van der Waals surface area contributed by atoms with Crippen LogP contribution in [-0.4, -0.2) is 42.1 Å². The lowest BCUT2D eigenvalue weighted by Crippen LogP contribution is -2.40. The summed E-state index contributed by atoms with van der Waals surface area (Å²) >= 11 is 0. The van der Waals surface area contributed by atoms with Crippen molar-refractivity contribution in [3.05, 3.63) is 48.3 Å². The molecule has 0 radical (unpaired) electrons. The monoisotopic (exact) mass is 435 g/mol. The number of nitrogens with zero attached hydrogens (tertiary/aromatic N) is 1. The second-order valence-corrected chi connectivity index (χ2v) is 10.2. The zero-order valence-electron chi connectivity index (χ0n) is 19.7. The van der Waals surface area contributed by atoms with Crippen molar-refractivity contribution in [2.75, 3.05) is 25.0 Å². The SMILES string of the molecule is C[C@@H]1CC[C@@H](C(=O)Cc2cc(-c3cccc(NC[C@H]4CCOC(C)(C)C4)c3)ccn2)CN1. The van der Waals surface area contributed by atoms with Crippen LogP contribution in [-0.2, 0) is 16.0 Å². The molecule has 5 nitrogen and oxygen atoms in total. The van der Waals surface area contributed by atoms with Gasteiger partial charge in [0.25, 0.3) is 0 Å². The van der Waals surface area contributed by atoms with Gasteiger partial charge in [-0.25, -0.2) is 0 Å². The first kappa shape index (κ1) is 22.9. The third kappa shape index (κ3) is 6.17. The fraction of sp³-hybridized carbons (Fsp3) is 0.556. The van der Waals surface area contributed by atoms with Crippen molar-refractivity contribution in [3.8, 4) is 11.1 Å². The first-order valence-corrected chi connectivity index (χ1v) is 12.1. The van der Waals surface area contributed by atoms with Gasteiger partial charge in [0.15, 0.2) is 0 Å². The number of anilines is 1. The highest BCUT2D eigenvalue weighted by Gasteiger charge is 2.28. The zero-order chi connectivity index (χ0) is 22.6. The lowest BCUT2D eigenvalue weighted by atomic mass is 9.88. The molecule has 3 atom stereocenters. The van der Waals surface area contributed by atoms with E-state index in [1.807, 2.05) is 12.3 Å². The molecule has 3 heterocycles. The van der Waals surface area contributed by atoms with Gasteiger partial charge in [0.1, 0.15) is 5.78 Å². The molecular weight excluding hydrogens is 398 g/mol. The largest absolute Gasteiger partial charge is 0.385 e. The first-order valence-electron chi connectivity index (χ1n) is 12.1. The summed E-state index contributed by atoms with van der Waals surface area (Å²) in [5.74, 6) is 1.03. The molecule has 2 N–H and O–H groups in total. The highest BCUT2D eigenvalue weighted by atomic mass is 16.5. The number of piperidine rings is 1. The van der Waals surface area contributed by atoms with Crippen LogP contribution in [0.2, 0.25) is 0 Å². The summed E-state index contributed by atoms with van der Waals surface area (Å²) in [6, 6.07) is 13.1. The van der Waals surface area contributed by atoms with E-state index < -0.39 is 0 Å². The smallest absolute Gasteiger partial charge is 0.143 e. The number of ether oxygens (including phenoxy) is 1. The number of carbonyl (C=O) groups excluding carboxylic acids is 1. The lowest BCUT2D eigenvalue weighted by Gasteiger charge is -2.35. The third-order valence-electron chi connectivity index (χ3n) is 6.88. The lowest BCUT2D eigenvalue weighted by molar-refractivity contribution is -0.122. The minimum Gasteiger partial charge on any atom is -0.385 e. The highest BCUT2D eigenvalue weighted by molar-refractivity contribution is 5.83. The number of rotatable bonds is 7. The molecule has 2 aliphatic heterocycles. The number of ketones is 1. The van der Waals surface area contributed by atoms with Crippen LogP contribution >= 0.6 is 0 Å². The average molecular weight is 436 g/mol. The van der Waals surface area contributed by atoms with Crippen molar-refractivity contribution < 1.29 is 9.53 Å². The minimum atomic E-state index is -0.0245. The van der Waals surface area contributed by atoms with E-state index in [0.29, 0.717) is 24.2 Å². The van der Waals surface area contributed by atoms with Gasteiger partial charge in [0.05, 0.1) is 5.60 Å². The van der Waals surface area contributed by atoms with Crippen LogP contribution in [0.1, 0.15) is 52.1 Å². The molecule has 2 saturated heterocycles. The van der Waals surface area contributed by atoms with Crippen molar-refractivity contribution in [2.24, 2.45) is 11.8 Å². The van der Waals surface area contributed by atoms with Crippen LogP contribution in [0.3, 0.4) is 0 Å². The fourth-order valence-corrected chi connectivity index (χ4v) is 4.95. The first-order chi connectivity index (χ1) is 15.4. The van der Waals surface area contributed by atoms with E-state index in [2.05, 4.69) is 66.7 Å². The van der Waals surface area contributed by atoms with Gasteiger partial charge >= 0.3 is 0 Å². The Kier molecular flexibility index (Phi) is 7.27. The molecule has 5 heteroatoms. The molecule has 0 unspecified atom stereocenters. The molecule has 2 aliphatic rings. The van der Waals surface area contributed by atoms with Gasteiger partial charge in [-0.3, -0.25) is 9.78 Å². The average Bonchev–Trinajstić information content (AvgIpc) is 2.78. The van der Waals surface area contributed by atoms with Crippen LogP contribution in [0.5, 0.6) is 0 Å². The Morgan fingerprint density at radius 1 is 1.19 bits per heavy atom. The second-order valence-electron chi connectivity index (χ2n) is 10.2.